The molecular formula is C32H28ClN3O6S2. The number of aliphatic hydroxyl groups excluding tert-OH is 1. The molecule has 4 aromatic rings. The van der Waals surface area contributed by atoms with E-state index in [4.69, 9.17) is 25.8 Å². The van der Waals surface area contributed by atoms with Gasteiger partial charge in [-0.1, -0.05) is 65.6 Å². The Bertz CT molecular complexity index is 1710. The van der Waals surface area contributed by atoms with Crippen LogP contribution in [0.1, 0.15) is 29.7 Å². The number of thioether (sulfide) groups is 1. The van der Waals surface area contributed by atoms with Crippen LogP contribution in [0.5, 0.6) is 17.2 Å². The van der Waals surface area contributed by atoms with Gasteiger partial charge in [0, 0.05) is 16.3 Å². The number of nitrogens with zero attached hydrogens (tertiary/aromatic N) is 3. The summed E-state index contributed by atoms with van der Waals surface area (Å²) in [6, 6.07) is 18.1. The van der Waals surface area contributed by atoms with Crippen LogP contribution in [0, 0.1) is 0 Å². The predicted octanol–water partition coefficient (Wildman–Crippen LogP) is 7.08. The fraction of sp³-hybridized carbons (Fsp3) is 0.188. The number of rotatable bonds is 12. The molecule has 0 saturated carbocycles. The van der Waals surface area contributed by atoms with E-state index in [0.717, 1.165) is 5.56 Å². The highest BCUT2D eigenvalue weighted by Crippen LogP contribution is 2.45. The number of methoxy groups -OCH3 is 1. The summed E-state index contributed by atoms with van der Waals surface area (Å²) < 4.78 is 17.4. The Morgan fingerprint density at radius 3 is 2.50 bits per heavy atom. The van der Waals surface area contributed by atoms with Crippen molar-refractivity contribution in [3.63, 3.8) is 0 Å². The van der Waals surface area contributed by atoms with Crippen molar-refractivity contribution in [1.29, 1.82) is 0 Å². The second-order valence-corrected chi connectivity index (χ2v) is 12.0. The van der Waals surface area contributed by atoms with Gasteiger partial charge in [-0.3, -0.25) is 14.5 Å². The highest BCUT2D eigenvalue weighted by molar-refractivity contribution is 8.00. The van der Waals surface area contributed by atoms with Crippen LogP contribution in [0.25, 0.3) is 5.76 Å². The fourth-order valence-electron chi connectivity index (χ4n) is 4.56. The summed E-state index contributed by atoms with van der Waals surface area (Å²) in [5.41, 5.74) is 1.81. The zero-order chi connectivity index (χ0) is 31.2. The van der Waals surface area contributed by atoms with Crippen molar-refractivity contribution in [3.8, 4) is 17.2 Å². The Kier molecular flexibility index (Phi) is 9.89. The number of ketones is 1. The van der Waals surface area contributed by atoms with Crippen LogP contribution in [0.15, 0.2) is 89.3 Å². The number of ether oxygens (including phenoxy) is 3. The molecule has 1 N–H and O–H groups in total. The second-order valence-electron chi connectivity index (χ2n) is 9.40. The van der Waals surface area contributed by atoms with E-state index < -0.39 is 17.7 Å². The molecule has 1 atom stereocenters. The molecule has 9 nitrogen and oxygen atoms in total. The SMILES string of the molecule is C=CCOc1ccc(C2C(=C(O)c3ccc(OC)cc3)C(=O)C(=O)N2c2nnc(SCc3ccc(Cl)cc3)s2)cc1OCC. The van der Waals surface area contributed by atoms with E-state index in [1.54, 1.807) is 48.5 Å². The number of amides is 1. The normalized spacial score (nSPS) is 15.8. The number of hydrogen-bond donors (Lipinski definition) is 1. The Labute approximate surface area is 267 Å². The molecule has 1 fully saturated rings. The number of benzene rings is 3. The molecule has 1 unspecified atom stereocenters. The van der Waals surface area contributed by atoms with Gasteiger partial charge in [-0.25, -0.2) is 0 Å². The average molecular weight is 650 g/mol. The van der Waals surface area contributed by atoms with Crippen LogP contribution in [-0.4, -0.2) is 47.3 Å². The Morgan fingerprint density at radius 2 is 1.82 bits per heavy atom. The van der Waals surface area contributed by atoms with Crippen LogP contribution in [0.4, 0.5) is 5.13 Å². The smallest absolute Gasteiger partial charge is 0.301 e. The van der Waals surface area contributed by atoms with E-state index in [0.29, 0.717) is 50.1 Å². The lowest BCUT2D eigenvalue weighted by atomic mass is 9.95. The van der Waals surface area contributed by atoms with E-state index in [1.807, 2.05) is 31.2 Å². The van der Waals surface area contributed by atoms with E-state index in [9.17, 15) is 14.7 Å². The van der Waals surface area contributed by atoms with Gasteiger partial charge in [0.15, 0.2) is 15.8 Å². The quantitative estimate of drug-likeness (QED) is 0.0430. The third-order valence-electron chi connectivity index (χ3n) is 6.63. The molecule has 5 rings (SSSR count). The molecule has 1 aliphatic heterocycles. The molecule has 0 bridgehead atoms. The van der Waals surface area contributed by atoms with Crippen molar-refractivity contribution in [3.05, 3.63) is 107 Å². The maximum atomic E-state index is 13.6. The zero-order valence-electron chi connectivity index (χ0n) is 23.9. The van der Waals surface area contributed by atoms with Crippen molar-refractivity contribution in [1.82, 2.24) is 10.2 Å². The van der Waals surface area contributed by atoms with E-state index >= 15 is 0 Å². The predicted molar refractivity (Wildman–Crippen MR) is 172 cm³/mol. The van der Waals surface area contributed by atoms with E-state index in [2.05, 4.69) is 16.8 Å². The van der Waals surface area contributed by atoms with Gasteiger partial charge >= 0.3 is 5.91 Å². The summed E-state index contributed by atoms with van der Waals surface area (Å²) in [7, 11) is 1.53. The summed E-state index contributed by atoms with van der Waals surface area (Å²) in [4.78, 5) is 28.5. The zero-order valence-corrected chi connectivity index (χ0v) is 26.2. The van der Waals surface area contributed by atoms with Crippen molar-refractivity contribution < 1.29 is 28.9 Å². The lowest BCUT2D eigenvalue weighted by molar-refractivity contribution is -0.132. The summed E-state index contributed by atoms with van der Waals surface area (Å²) in [5, 5.41) is 20.9. The Hall–Kier alpha value is -4.32. The number of aliphatic hydroxyl groups is 1. The first kappa shape index (κ1) is 31.1. The van der Waals surface area contributed by atoms with E-state index in [1.165, 1.54) is 35.1 Å². The van der Waals surface area contributed by atoms with Crippen molar-refractivity contribution >= 4 is 57.3 Å². The van der Waals surface area contributed by atoms with E-state index in [-0.39, 0.29) is 23.1 Å². The van der Waals surface area contributed by atoms with Crippen molar-refractivity contribution in [2.75, 3.05) is 25.2 Å². The molecular weight excluding hydrogens is 622 g/mol. The lowest BCUT2D eigenvalue weighted by Crippen LogP contribution is -2.29. The average Bonchev–Trinajstić information content (AvgIpc) is 3.61. The van der Waals surface area contributed by atoms with Gasteiger partial charge in [0.05, 0.1) is 25.3 Å². The number of carbonyl (C=O) groups excluding carboxylic acids is 2. The summed E-state index contributed by atoms with van der Waals surface area (Å²) >= 11 is 8.63. The molecule has 0 aliphatic carbocycles. The molecule has 1 aliphatic rings. The maximum Gasteiger partial charge on any atom is 0.301 e. The van der Waals surface area contributed by atoms with Crippen LogP contribution in [-0.2, 0) is 15.3 Å². The third-order valence-corrected chi connectivity index (χ3v) is 9.00. The first-order valence-electron chi connectivity index (χ1n) is 13.5. The number of Topliss-reactive ketones (excluding diaryl/α,β-unsaturated/α-hetero) is 1. The molecule has 2 heterocycles. The Morgan fingerprint density at radius 1 is 1.07 bits per heavy atom. The van der Waals surface area contributed by atoms with Gasteiger partial charge in [0.2, 0.25) is 5.13 Å². The van der Waals surface area contributed by atoms with Gasteiger partial charge in [-0.15, -0.1) is 10.2 Å². The van der Waals surface area contributed by atoms with Crippen LogP contribution < -0.4 is 19.1 Å². The number of halogens is 1. The summed E-state index contributed by atoms with van der Waals surface area (Å²) in [6.45, 7) is 6.14. The van der Waals surface area contributed by atoms with Crippen molar-refractivity contribution in [2.45, 2.75) is 23.1 Å². The fourth-order valence-corrected chi connectivity index (χ4v) is 6.51. The summed E-state index contributed by atoms with van der Waals surface area (Å²) in [6.07, 6.45) is 1.62. The third kappa shape index (κ3) is 6.59. The minimum atomic E-state index is -1.02. The molecule has 1 saturated heterocycles. The largest absolute Gasteiger partial charge is 0.507 e. The number of carbonyl (C=O) groups is 2. The molecule has 3 aromatic carbocycles. The molecule has 1 aromatic heterocycles. The minimum absolute atomic E-state index is 0.0899. The van der Waals surface area contributed by atoms with Gasteiger partial charge in [-0.2, -0.15) is 0 Å². The number of anilines is 1. The topological polar surface area (TPSA) is 111 Å². The van der Waals surface area contributed by atoms with Gasteiger partial charge in [-0.05, 0) is 66.6 Å². The molecule has 0 radical (unpaired) electrons. The lowest BCUT2D eigenvalue weighted by Gasteiger charge is -2.23. The van der Waals surface area contributed by atoms with Crippen LogP contribution >= 0.6 is 34.7 Å². The Balaban J connectivity index is 1.57. The van der Waals surface area contributed by atoms with Gasteiger partial charge in [0.1, 0.15) is 18.1 Å². The molecule has 1 amide bonds. The number of hydrogen-bond acceptors (Lipinski definition) is 10. The number of aromatic nitrogens is 2. The second kappa shape index (κ2) is 14.0. The maximum absolute atomic E-state index is 13.6. The molecule has 226 valence electrons. The first-order chi connectivity index (χ1) is 21.3. The van der Waals surface area contributed by atoms with Crippen LogP contribution in [0.3, 0.4) is 0 Å². The van der Waals surface area contributed by atoms with Crippen molar-refractivity contribution in [2.24, 2.45) is 0 Å². The van der Waals surface area contributed by atoms with Crippen LogP contribution in [0.2, 0.25) is 5.02 Å². The summed E-state index contributed by atoms with van der Waals surface area (Å²) in [5.74, 6) is 0.0601. The standard InChI is InChI=1S/C32H28ClN3O6S2/c1-4-16-42-24-15-10-21(17-25(24)41-5-2)27-26(28(37)20-8-13-23(40-3)14-9-20)29(38)30(39)36(27)31-34-35-32(44-31)43-18-19-6-11-22(33)12-7-19/h4,6-15,17,27,37H,1,5,16,18H2,2-3H3. The molecule has 44 heavy (non-hydrogen) atoms. The first-order valence-corrected chi connectivity index (χ1v) is 15.7. The van der Waals surface area contributed by atoms with Gasteiger partial charge in [0.25, 0.3) is 5.78 Å². The highest BCUT2D eigenvalue weighted by atomic mass is 35.5. The monoisotopic (exact) mass is 649 g/mol. The van der Waals surface area contributed by atoms with Gasteiger partial charge < -0.3 is 19.3 Å². The molecule has 12 heteroatoms. The minimum Gasteiger partial charge on any atom is -0.507 e. The highest BCUT2D eigenvalue weighted by Gasteiger charge is 2.48. The molecule has 0 spiro atoms.